The molecule has 2 aromatic rings. The second kappa shape index (κ2) is 17.1. The number of allylic oxidation sites excluding steroid dienone is 2. The van der Waals surface area contributed by atoms with Gasteiger partial charge in [0.05, 0.1) is 19.6 Å². The number of ether oxygens (including phenoxy) is 2. The molecule has 0 aliphatic carbocycles. The fourth-order valence-corrected chi connectivity index (χ4v) is 8.39. The topological polar surface area (TPSA) is 55.8 Å². The van der Waals surface area contributed by atoms with Gasteiger partial charge in [-0.2, -0.15) is 22.0 Å². The minimum absolute atomic E-state index is 0.163. The first-order chi connectivity index (χ1) is 22.3. The first kappa shape index (κ1) is 38.7. The van der Waals surface area contributed by atoms with Gasteiger partial charge in [0.2, 0.25) is 0 Å². The molecule has 1 aliphatic rings. The van der Waals surface area contributed by atoms with E-state index in [4.69, 9.17) is 9.47 Å². The summed E-state index contributed by atoms with van der Waals surface area (Å²) in [7, 11) is 3.19. The molecule has 10 heteroatoms. The summed E-state index contributed by atoms with van der Waals surface area (Å²) >= 11 is 1.67. The molecule has 0 saturated carbocycles. The van der Waals surface area contributed by atoms with Gasteiger partial charge in [-0.3, -0.25) is 4.79 Å². The molecular formula is C37H49F5O4S. The van der Waals surface area contributed by atoms with Crippen LogP contribution in [0.3, 0.4) is 0 Å². The second-order valence-corrected chi connectivity index (χ2v) is 13.9. The third-order valence-electron chi connectivity index (χ3n) is 9.68. The zero-order valence-corrected chi connectivity index (χ0v) is 28.8. The summed E-state index contributed by atoms with van der Waals surface area (Å²) in [6.07, 6.45) is 3.18. The number of unbranched alkanes of at least 4 members (excludes halogenated alkanes) is 7. The van der Waals surface area contributed by atoms with Gasteiger partial charge in [0.25, 0.3) is 0 Å². The van der Waals surface area contributed by atoms with Gasteiger partial charge < -0.3 is 14.6 Å². The monoisotopic (exact) mass is 684 g/mol. The first-order valence-electron chi connectivity index (χ1n) is 16.5. The van der Waals surface area contributed by atoms with Gasteiger partial charge in [0.1, 0.15) is 11.5 Å². The van der Waals surface area contributed by atoms with E-state index in [0.29, 0.717) is 42.9 Å². The van der Waals surface area contributed by atoms with Gasteiger partial charge in [-0.15, -0.1) is 11.8 Å². The van der Waals surface area contributed by atoms with Crippen molar-refractivity contribution in [3.05, 3.63) is 65.7 Å². The largest absolute Gasteiger partial charge is 0.497 e. The van der Waals surface area contributed by atoms with Crippen molar-refractivity contribution in [2.24, 2.45) is 5.41 Å². The Kier molecular flexibility index (Phi) is 14.1. The lowest BCUT2D eigenvalue weighted by molar-refractivity contribution is -0.284. The quantitative estimate of drug-likeness (QED) is 0.0907. The number of alkyl halides is 5. The number of hydrogen-bond donors (Lipinski definition) is 1. The van der Waals surface area contributed by atoms with E-state index >= 15 is 0 Å². The number of halogens is 5. The maximum absolute atomic E-state index is 13.8. The van der Waals surface area contributed by atoms with Crippen LogP contribution in [0.25, 0.3) is 0 Å². The van der Waals surface area contributed by atoms with E-state index in [2.05, 4.69) is 13.0 Å². The third-order valence-corrected chi connectivity index (χ3v) is 11.1. The van der Waals surface area contributed by atoms with E-state index < -0.39 is 41.2 Å². The van der Waals surface area contributed by atoms with Crippen LogP contribution in [0.15, 0.2) is 59.5 Å². The number of thioether (sulfide) groups is 1. The smallest absolute Gasteiger partial charge is 0.453 e. The van der Waals surface area contributed by atoms with Crippen LogP contribution in [0.1, 0.15) is 108 Å². The van der Waals surface area contributed by atoms with Gasteiger partial charge in [0, 0.05) is 28.4 Å². The summed E-state index contributed by atoms with van der Waals surface area (Å²) in [5.74, 6) is -4.08. The fourth-order valence-electron chi connectivity index (χ4n) is 7.05. The minimum Gasteiger partial charge on any atom is -0.497 e. The normalized spacial score (nSPS) is 19.7. The van der Waals surface area contributed by atoms with Crippen LogP contribution >= 0.6 is 11.8 Å². The number of rotatable bonds is 19. The Labute approximate surface area is 280 Å². The number of hydrogen-bond acceptors (Lipinski definition) is 4. The van der Waals surface area contributed by atoms with Gasteiger partial charge in [-0.05, 0) is 74.4 Å². The average molecular weight is 685 g/mol. The lowest BCUT2D eigenvalue weighted by Gasteiger charge is -2.51. The predicted molar refractivity (Wildman–Crippen MR) is 178 cm³/mol. The van der Waals surface area contributed by atoms with Crippen LogP contribution in [0.4, 0.5) is 22.0 Å². The number of aliphatic carboxylic acids is 1. The number of benzene rings is 2. The zero-order chi connectivity index (χ0) is 34.7. The summed E-state index contributed by atoms with van der Waals surface area (Å²) < 4.78 is 76.0. The molecule has 2 aromatic carbocycles. The molecular weight excluding hydrogens is 635 g/mol. The molecule has 0 fully saturated rings. The third kappa shape index (κ3) is 9.45. The SMILES string of the molecule is CC=CCCCCCCC(CCCCCCC(F)(F)C(F)(F)F)(C(=O)O)C1c2ccc(OC)cc2SCC1(C)c1ccc(OC)cc1. The standard InChI is InChI=1S/C37H49F5O4S/c1-5-6-7-8-9-10-13-22-35(33(43)44,23-14-11-12-15-24-36(38,39)37(40,41)42)32-30-21-20-29(46-4)25-31(30)47-26-34(32,2)27-16-18-28(45-3)19-17-27/h5-6,16-21,25,32H,7-15,22-24,26H2,1-4H3,(H,43,44). The number of fused-ring (bicyclic) bond motifs is 1. The molecule has 1 N–H and O–H groups in total. The molecule has 262 valence electrons. The molecule has 47 heavy (non-hydrogen) atoms. The van der Waals surface area contributed by atoms with E-state index in [1.165, 1.54) is 0 Å². The summed E-state index contributed by atoms with van der Waals surface area (Å²) in [5, 5.41) is 11.3. The highest BCUT2D eigenvalue weighted by atomic mass is 32.2. The van der Waals surface area contributed by atoms with E-state index in [1.807, 2.05) is 55.5 Å². The maximum Gasteiger partial charge on any atom is 0.453 e. The molecule has 0 aromatic heterocycles. The van der Waals surface area contributed by atoms with Crippen molar-refractivity contribution in [2.75, 3.05) is 20.0 Å². The molecule has 3 unspecified atom stereocenters. The molecule has 0 bridgehead atoms. The van der Waals surface area contributed by atoms with Gasteiger partial charge in [-0.25, -0.2) is 0 Å². The average Bonchev–Trinajstić information content (AvgIpc) is 3.04. The molecule has 3 rings (SSSR count). The summed E-state index contributed by atoms with van der Waals surface area (Å²) in [5.41, 5.74) is 0.111. The molecule has 0 spiro atoms. The van der Waals surface area contributed by atoms with Crippen LogP contribution in [0, 0.1) is 5.41 Å². The lowest BCUT2D eigenvalue weighted by Crippen LogP contribution is -2.49. The van der Waals surface area contributed by atoms with Crippen LogP contribution in [0.2, 0.25) is 0 Å². The predicted octanol–water partition coefficient (Wildman–Crippen LogP) is 11.4. The molecule has 0 amide bonds. The van der Waals surface area contributed by atoms with Gasteiger partial charge in [0.15, 0.2) is 0 Å². The van der Waals surface area contributed by atoms with E-state index in [9.17, 15) is 31.9 Å². The molecule has 3 atom stereocenters. The van der Waals surface area contributed by atoms with Crippen molar-refractivity contribution in [3.8, 4) is 11.5 Å². The van der Waals surface area contributed by atoms with Crippen molar-refractivity contribution in [1.29, 1.82) is 0 Å². The van der Waals surface area contributed by atoms with E-state index in [0.717, 1.165) is 41.7 Å². The van der Waals surface area contributed by atoms with Crippen LogP contribution in [-0.4, -0.2) is 43.1 Å². The van der Waals surface area contributed by atoms with Crippen LogP contribution in [0.5, 0.6) is 11.5 Å². The highest BCUT2D eigenvalue weighted by molar-refractivity contribution is 7.99. The van der Waals surface area contributed by atoms with Gasteiger partial charge in [-0.1, -0.05) is 75.8 Å². The molecule has 1 heterocycles. The van der Waals surface area contributed by atoms with Crippen LogP contribution in [-0.2, 0) is 10.2 Å². The summed E-state index contributed by atoms with van der Waals surface area (Å²) in [6, 6.07) is 13.5. The molecule has 1 aliphatic heterocycles. The van der Waals surface area contributed by atoms with Crippen molar-refractivity contribution < 1.29 is 41.3 Å². The summed E-state index contributed by atoms with van der Waals surface area (Å²) in [4.78, 5) is 14.7. The second-order valence-electron chi connectivity index (χ2n) is 12.9. The van der Waals surface area contributed by atoms with Crippen molar-refractivity contribution >= 4 is 17.7 Å². The van der Waals surface area contributed by atoms with E-state index in [-0.39, 0.29) is 19.3 Å². The zero-order valence-electron chi connectivity index (χ0n) is 27.9. The van der Waals surface area contributed by atoms with Crippen molar-refractivity contribution in [1.82, 2.24) is 0 Å². The Morgan fingerprint density at radius 2 is 1.43 bits per heavy atom. The Morgan fingerprint density at radius 3 is 1.96 bits per heavy atom. The Bertz CT molecular complexity index is 1310. The maximum atomic E-state index is 13.8. The molecule has 0 saturated heterocycles. The van der Waals surface area contributed by atoms with Gasteiger partial charge >= 0.3 is 18.1 Å². The number of methoxy groups -OCH3 is 2. The van der Waals surface area contributed by atoms with Crippen molar-refractivity contribution in [2.45, 2.75) is 119 Å². The van der Waals surface area contributed by atoms with E-state index in [1.54, 1.807) is 26.0 Å². The summed E-state index contributed by atoms with van der Waals surface area (Å²) in [6.45, 7) is 4.10. The Hall–Kier alpha value is -2.75. The highest BCUT2D eigenvalue weighted by Crippen LogP contribution is 2.60. The molecule has 4 nitrogen and oxygen atoms in total. The lowest BCUT2D eigenvalue weighted by atomic mass is 9.55. The number of carbonyl (C=O) groups is 1. The minimum atomic E-state index is -5.57. The van der Waals surface area contributed by atoms with Crippen LogP contribution < -0.4 is 9.47 Å². The number of carboxylic acids is 1. The number of carboxylic acid groups (broad SMARTS) is 1. The molecule has 0 radical (unpaired) electrons. The Balaban J connectivity index is 2.00. The van der Waals surface area contributed by atoms with Crippen molar-refractivity contribution in [3.63, 3.8) is 0 Å². The first-order valence-corrected chi connectivity index (χ1v) is 17.5. The fraction of sp³-hybridized carbons (Fsp3) is 0.595. The Morgan fingerprint density at radius 1 is 0.872 bits per heavy atom. The highest BCUT2D eigenvalue weighted by Gasteiger charge is 2.57.